The Morgan fingerprint density at radius 2 is 0.983 bits per heavy atom. The summed E-state index contributed by atoms with van der Waals surface area (Å²) < 4.78 is 0. The third kappa shape index (κ3) is 17.3. The van der Waals surface area contributed by atoms with Gasteiger partial charge in [0.2, 0.25) is 47.3 Å². The van der Waals surface area contributed by atoms with Gasteiger partial charge in [-0.1, -0.05) is 41.5 Å². The fourth-order valence-electron chi connectivity index (χ4n) is 5.39. The van der Waals surface area contributed by atoms with E-state index in [0.717, 1.165) is 0 Å². The minimum Gasteiger partial charge on any atom is -0.480 e. The van der Waals surface area contributed by atoms with Gasteiger partial charge < -0.3 is 68.6 Å². The molecule has 338 valence electrons. The van der Waals surface area contributed by atoms with Gasteiger partial charge in [-0.3, -0.25) is 38.4 Å². The molecule has 0 saturated heterocycles. The highest BCUT2D eigenvalue weighted by atomic mass is 16.4. The number of aliphatic carboxylic acids is 1. The predicted octanol–water partition coefficient (Wildman–Crippen LogP) is -4.36. The van der Waals surface area contributed by atoms with Crippen molar-refractivity contribution in [3.63, 3.8) is 0 Å². The number of carbonyl (C=O) groups is 9. The molecule has 0 saturated carbocycles. The van der Waals surface area contributed by atoms with Crippen LogP contribution in [0.1, 0.15) is 74.4 Å². The maximum absolute atomic E-state index is 13.7. The van der Waals surface area contributed by atoms with Crippen molar-refractivity contribution in [2.75, 3.05) is 13.2 Å². The van der Waals surface area contributed by atoms with Crippen molar-refractivity contribution < 1.29 is 58.5 Å². The number of aliphatic hydroxyl groups excluding tert-OH is 2. The smallest absolute Gasteiger partial charge is 0.328 e. The van der Waals surface area contributed by atoms with Gasteiger partial charge in [-0.15, -0.1) is 0 Å². The van der Waals surface area contributed by atoms with Gasteiger partial charge >= 0.3 is 5.97 Å². The van der Waals surface area contributed by atoms with E-state index in [9.17, 15) is 53.4 Å². The zero-order chi connectivity index (χ0) is 46.0. The molecule has 0 aliphatic carbocycles. The number of nitrogens with two attached hydrogens (primary N) is 1. The SMILES string of the molecule is CC(C)C[C@H](NC(=O)[C@H](C)NC(=O)[C@@H](NC(=O)[C@H](C)NC(=O)[C@@H](NC(=O)[C@H](C)N)C(C)C)C(C)C)C(=O)N[C@@H](Cc1cnc[nH]1)C(=O)N[C@@H](CO)C(=O)N[C@@H](CO)C(=O)O. The van der Waals surface area contributed by atoms with Crippen LogP contribution < -0.4 is 48.3 Å². The lowest BCUT2D eigenvalue weighted by Gasteiger charge is -2.28. The fraction of sp³-hybridized carbons (Fsp3) is 0.676. The van der Waals surface area contributed by atoms with Crippen LogP contribution in [0.25, 0.3) is 0 Å². The summed E-state index contributed by atoms with van der Waals surface area (Å²) in [6.07, 6.45) is 2.56. The van der Waals surface area contributed by atoms with E-state index in [1.54, 1.807) is 41.5 Å². The van der Waals surface area contributed by atoms with Gasteiger partial charge in [0.25, 0.3) is 0 Å². The number of nitrogens with zero attached hydrogens (tertiary/aromatic N) is 1. The summed E-state index contributed by atoms with van der Waals surface area (Å²) in [5.41, 5.74) is 5.98. The number of hydrogen-bond donors (Lipinski definition) is 13. The molecule has 0 fully saturated rings. The highest BCUT2D eigenvalue weighted by molar-refractivity contribution is 5.98. The first-order chi connectivity index (χ1) is 27.9. The predicted molar refractivity (Wildman–Crippen MR) is 214 cm³/mol. The zero-order valence-electron chi connectivity index (χ0n) is 35.5. The molecule has 0 aliphatic heterocycles. The molecule has 23 heteroatoms. The van der Waals surface area contributed by atoms with Crippen molar-refractivity contribution in [1.82, 2.24) is 52.5 Å². The minimum atomic E-state index is -1.72. The van der Waals surface area contributed by atoms with Crippen LogP contribution in [0.5, 0.6) is 0 Å². The molecule has 1 heterocycles. The number of rotatable bonds is 25. The number of hydrogen-bond acceptors (Lipinski definition) is 13. The Morgan fingerprint density at radius 1 is 0.567 bits per heavy atom. The molecule has 60 heavy (non-hydrogen) atoms. The lowest BCUT2D eigenvalue weighted by molar-refractivity contribution is -0.143. The molecule has 14 N–H and O–H groups in total. The second-order valence-electron chi connectivity index (χ2n) is 15.6. The highest BCUT2D eigenvalue weighted by Gasteiger charge is 2.34. The number of carboxylic acid groups (broad SMARTS) is 1. The van der Waals surface area contributed by atoms with Crippen molar-refractivity contribution in [3.05, 3.63) is 18.2 Å². The summed E-state index contributed by atoms with van der Waals surface area (Å²) in [6.45, 7) is 12.5. The van der Waals surface area contributed by atoms with Crippen LogP contribution in [0.15, 0.2) is 12.5 Å². The molecule has 9 atom stereocenters. The van der Waals surface area contributed by atoms with E-state index in [2.05, 4.69) is 47.2 Å². The van der Waals surface area contributed by atoms with Crippen LogP contribution in [0.4, 0.5) is 0 Å². The van der Waals surface area contributed by atoms with E-state index in [1.165, 1.54) is 33.3 Å². The van der Waals surface area contributed by atoms with Gasteiger partial charge in [0.05, 0.1) is 25.6 Å². The average molecular weight is 854 g/mol. The molecule has 8 amide bonds. The van der Waals surface area contributed by atoms with Crippen LogP contribution in [-0.4, -0.2) is 146 Å². The molecule has 1 rings (SSSR count). The van der Waals surface area contributed by atoms with E-state index in [1.807, 2.05) is 5.32 Å². The lowest BCUT2D eigenvalue weighted by Crippen LogP contribution is -2.61. The summed E-state index contributed by atoms with van der Waals surface area (Å²) in [6, 6.07) is -11.5. The number of carbonyl (C=O) groups excluding carboxylic acids is 8. The Labute approximate surface area is 348 Å². The van der Waals surface area contributed by atoms with Crippen molar-refractivity contribution in [2.24, 2.45) is 23.5 Å². The van der Waals surface area contributed by atoms with Gasteiger partial charge in [-0.2, -0.15) is 0 Å². The maximum atomic E-state index is 13.7. The number of amides is 8. The van der Waals surface area contributed by atoms with E-state index in [0.29, 0.717) is 5.69 Å². The van der Waals surface area contributed by atoms with Crippen molar-refractivity contribution in [1.29, 1.82) is 0 Å². The third-order valence-electron chi connectivity index (χ3n) is 8.98. The number of aliphatic hydroxyl groups is 2. The first kappa shape index (κ1) is 52.3. The van der Waals surface area contributed by atoms with E-state index in [4.69, 9.17) is 10.8 Å². The third-order valence-corrected chi connectivity index (χ3v) is 8.98. The molecule has 0 spiro atoms. The summed E-state index contributed by atoms with van der Waals surface area (Å²) in [4.78, 5) is 123. The molecular formula is C37H63N11O12. The van der Waals surface area contributed by atoms with Gasteiger partial charge in [0, 0.05) is 18.3 Å². The van der Waals surface area contributed by atoms with Crippen molar-refractivity contribution in [3.8, 4) is 0 Å². The van der Waals surface area contributed by atoms with E-state index < -0.39 is 127 Å². The van der Waals surface area contributed by atoms with Crippen LogP contribution in [0, 0.1) is 17.8 Å². The van der Waals surface area contributed by atoms with Crippen LogP contribution in [-0.2, 0) is 49.6 Å². The maximum Gasteiger partial charge on any atom is 0.328 e. The number of H-pyrrole nitrogens is 1. The Hall–Kier alpha value is -5.68. The second-order valence-corrected chi connectivity index (χ2v) is 15.6. The Bertz CT molecular complexity index is 1640. The number of imidazole rings is 1. The molecular weight excluding hydrogens is 790 g/mol. The van der Waals surface area contributed by atoms with Crippen molar-refractivity contribution in [2.45, 2.75) is 130 Å². The Kier molecular flexibility index (Phi) is 21.9. The molecule has 23 nitrogen and oxygen atoms in total. The summed E-state index contributed by atoms with van der Waals surface area (Å²) >= 11 is 0. The highest BCUT2D eigenvalue weighted by Crippen LogP contribution is 2.09. The summed E-state index contributed by atoms with van der Waals surface area (Å²) in [7, 11) is 0. The molecule has 0 unspecified atom stereocenters. The molecule has 0 bridgehead atoms. The van der Waals surface area contributed by atoms with Gasteiger partial charge in [0.15, 0.2) is 0 Å². The number of aromatic amines is 1. The van der Waals surface area contributed by atoms with Gasteiger partial charge in [-0.05, 0) is 44.9 Å². The largest absolute Gasteiger partial charge is 0.480 e. The average Bonchev–Trinajstić information content (AvgIpc) is 3.68. The van der Waals surface area contributed by atoms with Gasteiger partial charge in [-0.25, -0.2) is 9.78 Å². The Balaban J connectivity index is 3.12. The molecule has 1 aromatic rings. The standard InChI is InChI=1S/C37H63N11O12/c1-16(2)10-23(32(54)44-24(11-22-12-39-15-40-22)33(55)45-25(13-49)34(56)46-26(14-50)37(59)60)43-30(52)20(8)41-36(58)28(18(5)6)48-31(53)21(9)42-35(57)27(17(3)4)47-29(51)19(7)38/h12,15-21,23-28,49-50H,10-11,13-14,38H2,1-9H3,(H,39,40)(H,41,58)(H,42,57)(H,43,52)(H,44,54)(H,45,55)(H,46,56)(H,47,51)(H,48,53)(H,59,60)/t19-,20-,21-,23-,24-,25-,26-,27-,28-/m0/s1. The number of aromatic nitrogens is 2. The summed E-state index contributed by atoms with van der Waals surface area (Å²) in [5.74, 6) is -8.98. The molecule has 0 aromatic carbocycles. The van der Waals surface area contributed by atoms with E-state index in [-0.39, 0.29) is 24.7 Å². The molecule has 0 aliphatic rings. The van der Waals surface area contributed by atoms with E-state index >= 15 is 0 Å². The zero-order valence-corrected chi connectivity index (χ0v) is 35.5. The molecule has 0 radical (unpaired) electrons. The first-order valence-corrected chi connectivity index (χ1v) is 19.5. The van der Waals surface area contributed by atoms with Gasteiger partial charge in [0.1, 0.15) is 48.3 Å². The number of carboxylic acids is 1. The quantitative estimate of drug-likeness (QED) is 0.0442. The molecule has 1 aromatic heterocycles. The van der Waals surface area contributed by atoms with Crippen LogP contribution >= 0.6 is 0 Å². The second kappa shape index (κ2) is 25.1. The number of nitrogens with one attached hydrogen (secondary N) is 9. The monoisotopic (exact) mass is 853 g/mol. The lowest BCUT2D eigenvalue weighted by atomic mass is 10.0. The summed E-state index contributed by atoms with van der Waals surface area (Å²) in [5, 5.41) is 47.7. The van der Waals surface area contributed by atoms with Crippen molar-refractivity contribution >= 4 is 53.2 Å². The Morgan fingerprint density at radius 3 is 1.40 bits per heavy atom. The fourth-order valence-corrected chi connectivity index (χ4v) is 5.39. The minimum absolute atomic E-state index is 0.0664. The topological polar surface area (TPSA) is 365 Å². The van der Waals surface area contributed by atoms with Crippen LogP contribution in [0.3, 0.4) is 0 Å². The normalized spacial score (nSPS) is 15.8. The first-order valence-electron chi connectivity index (χ1n) is 19.5. The van der Waals surface area contributed by atoms with Crippen LogP contribution in [0.2, 0.25) is 0 Å².